The van der Waals surface area contributed by atoms with Crippen molar-refractivity contribution in [1.82, 2.24) is 14.7 Å². The van der Waals surface area contributed by atoms with Crippen LogP contribution in [0.1, 0.15) is 0 Å². The molecule has 1 aromatic rings. The predicted octanol–water partition coefficient (Wildman–Crippen LogP) is -0.382. The number of nitro benzene ring substituents is 1. The minimum absolute atomic E-state index is 0.139. The van der Waals surface area contributed by atoms with E-state index in [1.165, 1.54) is 11.1 Å². The zero-order chi connectivity index (χ0) is 15.6. The van der Waals surface area contributed by atoms with Gasteiger partial charge in [0.1, 0.15) is 0 Å². The molecule has 21 heavy (non-hydrogen) atoms. The Kier molecular flexibility index (Phi) is 4.42. The van der Waals surface area contributed by atoms with Crippen LogP contribution in [0.3, 0.4) is 0 Å². The van der Waals surface area contributed by atoms with Gasteiger partial charge in [0.2, 0.25) is 0 Å². The summed E-state index contributed by atoms with van der Waals surface area (Å²) in [5, 5.41) is 12.5. The third kappa shape index (κ3) is 3.67. The summed E-state index contributed by atoms with van der Waals surface area (Å²) >= 11 is 0. The van der Waals surface area contributed by atoms with E-state index in [1.807, 2.05) is 7.05 Å². The molecule has 0 unspecified atom stereocenters. The molecular formula is C11H17N5O4S. The Labute approximate surface area is 122 Å². The van der Waals surface area contributed by atoms with Crippen LogP contribution in [0.2, 0.25) is 0 Å². The van der Waals surface area contributed by atoms with E-state index in [-0.39, 0.29) is 10.6 Å². The lowest BCUT2D eigenvalue weighted by molar-refractivity contribution is -0.387. The minimum atomic E-state index is -4.01. The van der Waals surface area contributed by atoms with Gasteiger partial charge in [-0.2, -0.15) is 0 Å². The number of anilines is 1. The van der Waals surface area contributed by atoms with Crippen molar-refractivity contribution in [2.45, 2.75) is 4.90 Å². The number of nitro groups is 1. The number of benzene rings is 1. The highest BCUT2D eigenvalue weighted by molar-refractivity contribution is 7.89. The summed E-state index contributed by atoms with van der Waals surface area (Å²) in [5.41, 5.74) is 5.08. The first-order chi connectivity index (χ1) is 9.79. The highest BCUT2D eigenvalue weighted by Crippen LogP contribution is 2.26. The van der Waals surface area contributed by atoms with Gasteiger partial charge in [-0.3, -0.25) is 10.1 Å². The normalized spacial score (nSPS) is 17.8. The van der Waals surface area contributed by atoms with E-state index in [9.17, 15) is 18.5 Å². The lowest BCUT2D eigenvalue weighted by Crippen LogP contribution is -2.52. The number of hydrazine groups is 1. The fourth-order valence-corrected chi connectivity index (χ4v) is 3.30. The van der Waals surface area contributed by atoms with Crippen molar-refractivity contribution in [3.8, 4) is 0 Å². The van der Waals surface area contributed by atoms with E-state index >= 15 is 0 Å². The number of nitrogens with zero attached hydrogens (tertiary/aromatic N) is 3. The van der Waals surface area contributed by atoms with Gasteiger partial charge in [0, 0.05) is 37.9 Å². The fourth-order valence-electron chi connectivity index (χ4n) is 2.02. The zero-order valence-electron chi connectivity index (χ0n) is 11.5. The summed E-state index contributed by atoms with van der Waals surface area (Å²) in [7, 11) is -2.07. The average molecular weight is 315 g/mol. The first kappa shape index (κ1) is 15.6. The first-order valence-electron chi connectivity index (χ1n) is 6.29. The second kappa shape index (κ2) is 5.93. The molecule has 0 saturated carbocycles. The molecule has 1 heterocycles. The molecule has 0 bridgehead atoms. The molecule has 0 aliphatic carbocycles. The smallest absolute Gasteiger partial charge is 0.291 e. The summed E-state index contributed by atoms with van der Waals surface area (Å²) < 4.78 is 24.6. The maximum atomic E-state index is 12.3. The highest BCUT2D eigenvalue weighted by atomic mass is 32.2. The maximum absolute atomic E-state index is 12.3. The molecule has 0 spiro atoms. The quantitative estimate of drug-likeness (QED) is 0.441. The molecule has 0 aromatic heterocycles. The van der Waals surface area contributed by atoms with E-state index in [2.05, 4.69) is 9.73 Å². The van der Waals surface area contributed by atoms with Crippen LogP contribution >= 0.6 is 0 Å². The third-order valence-corrected chi connectivity index (χ3v) is 4.64. The summed E-state index contributed by atoms with van der Waals surface area (Å²) in [6.07, 6.45) is 0. The van der Waals surface area contributed by atoms with Gasteiger partial charge in [-0.25, -0.2) is 13.4 Å². The number of likely N-dealkylation sites (N-methyl/N-ethyl adjacent to an activating group) is 1. The molecule has 0 radical (unpaired) electrons. The molecule has 10 heteroatoms. The van der Waals surface area contributed by atoms with Gasteiger partial charge in [-0.1, -0.05) is 0 Å². The van der Waals surface area contributed by atoms with E-state index in [4.69, 9.17) is 5.73 Å². The Morgan fingerprint density at radius 2 is 1.90 bits per heavy atom. The summed E-state index contributed by atoms with van der Waals surface area (Å²) in [6.45, 7) is 2.45. The second-order valence-corrected chi connectivity index (χ2v) is 6.50. The van der Waals surface area contributed by atoms with E-state index < -0.39 is 20.6 Å². The van der Waals surface area contributed by atoms with Crippen LogP contribution in [-0.4, -0.2) is 56.5 Å². The van der Waals surface area contributed by atoms with Gasteiger partial charge in [-0.05, 0) is 19.2 Å². The lowest BCUT2D eigenvalue weighted by atomic mass is 10.3. The second-order valence-electron chi connectivity index (χ2n) is 4.87. The molecule has 2 rings (SSSR count). The number of rotatable bonds is 4. The van der Waals surface area contributed by atoms with Crippen LogP contribution in [0, 0.1) is 10.1 Å². The summed E-state index contributed by atoms with van der Waals surface area (Å²) in [6, 6.07) is 3.51. The Hall–Kier alpha value is -1.75. The molecule has 1 aromatic carbocycles. The predicted molar refractivity (Wildman–Crippen MR) is 76.9 cm³/mol. The Balaban J connectivity index is 2.25. The fraction of sp³-hybridized carbons (Fsp3) is 0.455. The van der Waals surface area contributed by atoms with Crippen molar-refractivity contribution in [3.63, 3.8) is 0 Å². The van der Waals surface area contributed by atoms with E-state index in [1.54, 1.807) is 0 Å². The van der Waals surface area contributed by atoms with Gasteiger partial charge in [-0.15, -0.1) is 4.83 Å². The van der Waals surface area contributed by atoms with Crippen molar-refractivity contribution in [2.24, 2.45) is 0 Å². The summed E-state index contributed by atoms with van der Waals surface area (Å²) in [5.74, 6) is 0. The number of nitrogen functional groups attached to an aromatic ring is 1. The molecule has 9 nitrogen and oxygen atoms in total. The molecule has 0 atom stereocenters. The zero-order valence-corrected chi connectivity index (χ0v) is 12.3. The van der Waals surface area contributed by atoms with Crippen molar-refractivity contribution >= 4 is 21.4 Å². The molecule has 1 saturated heterocycles. The first-order valence-corrected chi connectivity index (χ1v) is 7.78. The largest absolute Gasteiger partial charge is 0.399 e. The number of nitrogens with two attached hydrogens (primary N) is 1. The lowest BCUT2D eigenvalue weighted by Gasteiger charge is -2.32. The van der Waals surface area contributed by atoms with Crippen LogP contribution in [0.15, 0.2) is 23.1 Å². The molecule has 1 aliphatic heterocycles. The molecule has 3 N–H and O–H groups in total. The van der Waals surface area contributed by atoms with E-state index in [0.29, 0.717) is 26.2 Å². The Morgan fingerprint density at radius 3 is 2.48 bits per heavy atom. The van der Waals surface area contributed by atoms with Crippen molar-refractivity contribution in [2.75, 3.05) is 39.0 Å². The summed E-state index contributed by atoms with van der Waals surface area (Å²) in [4.78, 5) is 14.3. The van der Waals surface area contributed by atoms with Crippen LogP contribution in [0.5, 0.6) is 0 Å². The van der Waals surface area contributed by atoms with E-state index in [0.717, 1.165) is 12.1 Å². The standard InChI is InChI=1S/C11H17N5O4S/c1-14-4-6-15(7-5-14)13-21(19,20)11-3-2-9(12)8-10(11)16(17)18/h2-3,8,13H,4-7,12H2,1H3. The Bertz CT molecular complexity index is 640. The van der Waals surface area contributed by atoms with Crippen molar-refractivity contribution in [1.29, 1.82) is 0 Å². The van der Waals surface area contributed by atoms with Crippen LogP contribution in [0.25, 0.3) is 0 Å². The molecule has 0 amide bonds. The molecule has 1 aliphatic rings. The highest BCUT2D eigenvalue weighted by Gasteiger charge is 2.28. The van der Waals surface area contributed by atoms with Gasteiger partial charge >= 0.3 is 0 Å². The number of hydrogen-bond donors (Lipinski definition) is 2. The topological polar surface area (TPSA) is 122 Å². The van der Waals surface area contributed by atoms with Gasteiger partial charge < -0.3 is 10.6 Å². The average Bonchev–Trinajstić information content (AvgIpc) is 2.40. The SMILES string of the molecule is CN1CCN(NS(=O)(=O)c2ccc(N)cc2[N+](=O)[O-])CC1. The Morgan fingerprint density at radius 1 is 1.29 bits per heavy atom. The van der Waals surface area contributed by atoms with Gasteiger partial charge in [0.25, 0.3) is 15.7 Å². The third-order valence-electron chi connectivity index (χ3n) is 3.22. The number of nitrogens with one attached hydrogen (secondary N) is 1. The van der Waals surface area contributed by atoms with Gasteiger partial charge in [0.15, 0.2) is 4.90 Å². The van der Waals surface area contributed by atoms with Gasteiger partial charge in [0.05, 0.1) is 4.92 Å². The molecule has 1 fully saturated rings. The molecule has 116 valence electrons. The monoisotopic (exact) mass is 315 g/mol. The molecular weight excluding hydrogens is 298 g/mol. The minimum Gasteiger partial charge on any atom is -0.399 e. The van der Waals surface area contributed by atoms with Crippen LogP contribution < -0.4 is 10.6 Å². The van der Waals surface area contributed by atoms with Crippen molar-refractivity contribution in [3.05, 3.63) is 28.3 Å². The maximum Gasteiger partial charge on any atom is 0.291 e. The van der Waals surface area contributed by atoms with Crippen molar-refractivity contribution < 1.29 is 13.3 Å². The number of piperazine rings is 1. The van der Waals surface area contributed by atoms with Crippen LogP contribution in [0.4, 0.5) is 11.4 Å². The van der Waals surface area contributed by atoms with Crippen LogP contribution in [-0.2, 0) is 10.0 Å². The number of sulfonamides is 1. The number of hydrogen-bond acceptors (Lipinski definition) is 7.